The molecule has 0 spiro atoms. The highest BCUT2D eigenvalue weighted by Gasteiger charge is 2.60. The lowest BCUT2D eigenvalue weighted by molar-refractivity contribution is -0.140. The second kappa shape index (κ2) is 5.95. The topological polar surface area (TPSA) is 90.4 Å². The van der Waals surface area contributed by atoms with Crippen molar-refractivity contribution in [3.8, 4) is 0 Å². The Kier molecular flexibility index (Phi) is 4.10. The van der Waals surface area contributed by atoms with Crippen molar-refractivity contribution in [2.24, 2.45) is 0 Å². The lowest BCUT2D eigenvalue weighted by Gasteiger charge is -2.22. The number of hydrogen-bond donors (Lipinski definition) is 2. The molecule has 1 aliphatic heterocycles. The van der Waals surface area contributed by atoms with Gasteiger partial charge in [-0.1, -0.05) is 37.3 Å². The minimum atomic E-state index is -3.64. The summed E-state index contributed by atoms with van der Waals surface area (Å²) in [6, 6.07) is 10.1. The minimum absolute atomic E-state index is 0.0766. The first-order chi connectivity index (χ1) is 11.3. The Bertz CT molecular complexity index is 782. The number of aliphatic hydroxyl groups is 1. The Morgan fingerprint density at radius 2 is 2.00 bits per heavy atom. The number of aromatic nitrogens is 2. The molecular weight excluding hydrogens is 320 g/mol. The SMILES string of the molecule is C[C@H](c1ccccc1)[C@@H]1O[C@@H](n2ccc(N)nc2=O)C(F)(F)[C@@H]1O. The Balaban J connectivity index is 1.95. The third-order valence-electron chi connectivity index (χ3n) is 4.24. The maximum absolute atomic E-state index is 14.5. The highest BCUT2D eigenvalue weighted by atomic mass is 19.3. The van der Waals surface area contributed by atoms with Gasteiger partial charge in [0.2, 0.25) is 6.23 Å². The standard InChI is InChI=1S/C16H17F2N3O3/c1-9(10-5-3-2-4-6-10)12-13(22)16(17,18)14(24-12)21-8-7-11(19)20-15(21)23/h2-9,12-14,22H,1H3,(H2,19,20,23)/t9-,12+,13-,14-/m1/s1. The van der Waals surface area contributed by atoms with E-state index in [1.165, 1.54) is 6.07 Å². The molecule has 0 saturated carbocycles. The third-order valence-corrected chi connectivity index (χ3v) is 4.24. The van der Waals surface area contributed by atoms with E-state index in [0.717, 1.165) is 11.8 Å². The maximum Gasteiger partial charge on any atom is 0.351 e. The minimum Gasteiger partial charge on any atom is -0.384 e. The van der Waals surface area contributed by atoms with E-state index in [2.05, 4.69) is 4.98 Å². The van der Waals surface area contributed by atoms with E-state index >= 15 is 0 Å². The Morgan fingerprint density at radius 1 is 1.33 bits per heavy atom. The van der Waals surface area contributed by atoms with Gasteiger partial charge in [0.1, 0.15) is 11.9 Å². The van der Waals surface area contributed by atoms with E-state index in [9.17, 15) is 18.7 Å². The van der Waals surface area contributed by atoms with Crippen LogP contribution in [-0.4, -0.2) is 32.8 Å². The molecule has 3 N–H and O–H groups in total. The number of rotatable bonds is 3. The van der Waals surface area contributed by atoms with Gasteiger partial charge in [0.25, 0.3) is 0 Å². The van der Waals surface area contributed by atoms with Gasteiger partial charge in [0.15, 0.2) is 0 Å². The summed E-state index contributed by atoms with van der Waals surface area (Å²) in [6.07, 6.45) is -4.07. The van der Waals surface area contributed by atoms with Gasteiger partial charge in [-0.15, -0.1) is 0 Å². The van der Waals surface area contributed by atoms with Gasteiger partial charge in [0.05, 0.1) is 6.10 Å². The van der Waals surface area contributed by atoms with Crippen molar-refractivity contribution in [1.29, 1.82) is 0 Å². The van der Waals surface area contributed by atoms with Gasteiger partial charge >= 0.3 is 11.6 Å². The molecule has 3 rings (SSSR count). The van der Waals surface area contributed by atoms with Crippen molar-refractivity contribution in [1.82, 2.24) is 9.55 Å². The number of benzene rings is 1. The monoisotopic (exact) mass is 337 g/mol. The summed E-state index contributed by atoms with van der Waals surface area (Å²) in [7, 11) is 0. The first kappa shape index (κ1) is 16.5. The number of alkyl halides is 2. The lowest BCUT2D eigenvalue weighted by atomic mass is 9.91. The number of nitrogens with two attached hydrogens (primary N) is 1. The van der Waals surface area contributed by atoms with Crippen molar-refractivity contribution < 1.29 is 18.6 Å². The molecule has 1 saturated heterocycles. The van der Waals surface area contributed by atoms with Gasteiger partial charge in [-0.2, -0.15) is 13.8 Å². The van der Waals surface area contributed by atoms with Crippen LogP contribution in [0.25, 0.3) is 0 Å². The molecule has 2 aromatic rings. The van der Waals surface area contributed by atoms with E-state index < -0.39 is 36.0 Å². The molecule has 128 valence electrons. The van der Waals surface area contributed by atoms with E-state index in [4.69, 9.17) is 10.5 Å². The number of nitrogen functional groups attached to an aromatic ring is 1. The number of nitrogens with zero attached hydrogens (tertiary/aromatic N) is 2. The average molecular weight is 337 g/mol. The third kappa shape index (κ3) is 2.67. The van der Waals surface area contributed by atoms with Gasteiger partial charge in [-0.25, -0.2) is 4.79 Å². The molecule has 8 heteroatoms. The van der Waals surface area contributed by atoms with Crippen molar-refractivity contribution in [2.45, 2.75) is 37.2 Å². The van der Waals surface area contributed by atoms with Crippen LogP contribution in [0.2, 0.25) is 0 Å². The highest BCUT2D eigenvalue weighted by molar-refractivity contribution is 5.24. The molecule has 0 aliphatic carbocycles. The summed E-state index contributed by atoms with van der Waals surface area (Å²) in [4.78, 5) is 15.3. The van der Waals surface area contributed by atoms with Crippen LogP contribution in [0.5, 0.6) is 0 Å². The molecule has 24 heavy (non-hydrogen) atoms. The van der Waals surface area contributed by atoms with Gasteiger partial charge in [-0.3, -0.25) is 4.57 Å². The van der Waals surface area contributed by atoms with E-state index in [1.807, 2.05) is 0 Å². The zero-order valence-corrected chi connectivity index (χ0v) is 12.8. The molecule has 0 bridgehead atoms. The highest BCUT2D eigenvalue weighted by Crippen LogP contribution is 2.46. The smallest absolute Gasteiger partial charge is 0.351 e. The van der Waals surface area contributed by atoms with Gasteiger partial charge in [0, 0.05) is 12.1 Å². The van der Waals surface area contributed by atoms with Crippen LogP contribution in [0.1, 0.15) is 24.6 Å². The molecule has 1 aromatic carbocycles. The fourth-order valence-electron chi connectivity index (χ4n) is 2.87. The summed E-state index contributed by atoms with van der Waals surface area (Å²) in [5.41, 5.74) is 5.16. The molecule has 0 radical (unpaired) electrons. The Labute approximate surface area is 136 Å². The fraction of sp³-hybridized carbons (Fsp3) is 0.375. The molecule has 6 nitrogen and oxygen atoms in total. The van der Waals surface area contributed by atoms with Gasteiger partial charge in [-0.05, 0) is 11.6 Å². The summed E-state index contributed by atoms with van der Waals surface area (Å²) in [5, 5.41) is 10.1. The molecule has 1 aliphatic rings. The van der Waals surface area contributed by atoms with Crippen LogP contribution >= 0.6 is 0 Å². The second-order valence-electron chi connectivity index (χ2n) is 5.81. The number of hydrogen-bond acceptors (Lipinski definition) is 5. The van der Waals surface area contributed by atoms with Gasteiger partial charge < -0.3 is 15.6 Å². The predicted octanol–water partition coefficient (Wildman–Crippen LogP) is 1.52. The Morgan fingerprint density at radius 3 is 2.62 bits per heavy atom. The van der Waals surface area contributed by atoms with E-state index in [0.29, 0.717) is 4.57 Å². The summed E-state index contributed by atoms with van der Waals surface area (Å²) in [5.74, 6) is -4.21. The van der Waals surface area contributed by atoms with Crippen LogP contribution in [0.3, 0.4) is 0 Å². The molecule has 2 heterocycles. The number of anilines is 1. The second-order valence-corrected chi connectivity index (χ2v) is 5.81. The largest absolute Gasteiger partial charge is 0.384 e. The normalized spacial score (nSPS) is 27.1. The van der Waals surface area contributed by atoms with E-state index in [-0.39, 0.29) is 5.82 Å². The molecule has 0 unspecified atom stereocenters. The number of halogens is 2. The summed E-state index contributed by atoms with van der Waals surface area (Å²) < 4.78 is 35.0. The zero-order valence-electron chi connectivity index (χ0n) is 12.8. The van der Waals surface area contributed by atoms with Crippen molar-refractivity contribution in [2.75, 3.05) is 5.73 Å². The first-order valence-electron chi connectivity index (χ1n) is 7.43. The average Bonchev–Trinajstić information content (AvgIpc) is 2.79. The van der Waals surface area contributed by atoms with Crippen molar-refractivity contribution in [3.05, 3.63) is 58.6 Å². The lowest BCUT2D eigenvalue weighted by Crippen LogP contribution is -2.42. The molecule has 0 amide bonds. The predicted molar refractivity (Wildman–Crippen MR) is 82.6 cm³/mol. The van der Waals surface area contributed by atoms with Crippen LogP contribution < -0.4 is 11.4 Å². The van der Waals surface area contributed by atoms with E-state index in [1.54, 1.807) is 37.3 Å². The maximum atomic E-state index is 14.5. The quantitative estimate of drug-likeness (QED) is 0.886. The number of aliphatic hydroxyl groups excluding tert-OH is 1. The van der Waals surface area contributed by atoms with Crippen LogP contribution in [-0.2, 0) is 4.74 Å². The zero-order chi connectivity index (χ0) is 17.5. The molecule has 1 aromatic heterocycles. The van der Waals surface area contributed by atoms with Crippen LogP contribution in [0.4, 0.5) is 14.6 Å². The molecule has 4 atom stereocenters. The fourth-order valence-corrected chi connectivity index (χ4v) is 2.87. The van der Waals surface area contributed by atoms with Crippen molar-refractivity contribution in [3.63, 3.8) is 0 Å². The Hall–Kier alpha value is -2.32. The van der Waals surface area contributed by atoms with Crippen molar-refractivity contribution >= 4 is 5.82 Å². The van der Waals surface area contributed by atoms with Crippen LogP contribution in [0.15, 0.2) is 47.4 Å². The molecular formula is C16H17F2N3O3. The molecule has 1 fully saturated rings. The summed E-state index contributed by atoms with van der Waals surface area (Å²) in [6.45, 7) is 1.69. The first-order valence-corrected chi connectivity index (χ1v) is 7.43. The van der Waals surface area contributed by atoms with Crippen LogP contribution in [0, 0.1) is 0 Å². The number of ether oxygens (including phenoxy) is 1. The summed E-state index contributed by atoms with van der Waals surface area (Å²) >= 11 is 0.